The number of aromatic amines is 1. The first kappa shape index (κ1) is 15.2. The van der Waals surface area contributed by atoms with Crippen molar-refractivity contribution in [1.29, 1.82) is 0 Å². The minimum atomic E-state index is -0.0375. The van der Waals surface area contributed by atoms with E-state index in [-0.39, 0.29) is 12.0 Å². The number of halogens is 1. The number of rotatable bonds is 3. The van der Waals surface area contributed by atoms with Crippen LogP contribution in [0.25, 0.3) is 10.9 Å². The van der Waals surface area contributed by atoms with Crippen molar-refractivity contribution in [2.45, 2.75) is 12.5 Å². The van der Waals surface area contributed by atoms with Gasteiger partial charge in [-0.2, -0.15) is 0 Å². The highest BCUT2D eigenvalue weighted by atomic mass is 79.9. The van der Waals surface area contributed by atoms with Gasteiger partial charge in [-0.1, -0.05) is 18.2 Å². The van der Waals surface area contributed by atoms with Gasteiger partial charge in [0.25, 0.3) is 5.91 Å². The lowest BCUT2D eigenvalue weighted by atomic mass is 10.2. The number of fused-ring (bicyclic) bond motifs is 1. The number of pyridine rings is 1. The number of nitrogens with zero attached hydrogens (tertiary/aromatic N) is 2. The summed E-state index contributed by atoms with van der Waals surface area (Å²) in [5.41, 5.74) is 1.60. The Kier molecular flexibility index (Phi) is 3.98. The highest BCUT2D eigenvalue weighted by Gasteiger charge is 2.29. The number of aromatic nitrogens is 2. The van der Waals surface area contributed by atoms with E-state index >= 15 is 0 Å². The average Bonchev–Trinajstić information content (AvgIpc) is 3.23. The van der Waals surface area contributed by atoms with E-state index in [0.717, 1.165) is 21.8 Å². The van der Waals surface area contributed by atoms with Crippen LogP contribution >= 0.6 is 15.9 Å². The van der Waals surface area contributed by atoms with Crippen molar-refractivity contribution in [2.75, 3.05) is 13.1 Å². The van der Waals surface area contributed by atoms with Crippen LogP contribution in [0, 0.1) is 0 Å². The van der Waals surface area contributed by atoms with E-state index in [0.29, 0.717) is 24.7 Å². The van der Waals surface area contributed by atoms with Crippen LogP contribution in [0.2, 0.25) is 0 Å². The molecule has 0 spiro atoms. The van der Waals surface area contributed by atoms with Crippen molar-refractivity contribution < 1.29 is 9.53 Å². The van der Waals surface area contributed by atoms with Crippen LogP contribution in [0.5, 0.6) is 5.88 Å². The number of hydrogen-bond acceptors (Lipinski definition) is 3. The van der Waals surface area contributed by atoms with E-state index in [1.165, 1.54) is 0 Å². The van der Waals surface area contributed by atoms with Crippen molar-refractivity contribution in [2.24, 2.45) is 0 Å². The minimum absolute atomic E-state index is 0.0115. The molecule has 1 aromatic carbocycles. The van der Waals surface area contributed by atoms with Gasteiger partial charge in [0.15, 0.2) is 0 Å². The van der Waals surface area contributed by atoms with Gasteiger partial charge in [0.1, 0.15) is 11.8 Å². The number of carbonyl (C=O) groups is 1. The third kappa shape index (κ3) is 2.89. The lowest BCUT2D eigenvalue weighted by Gasteiger charge is -2.16. The number of para-hydroxylation sites is 1. The molecule has 1 saturated heterocycles. The largest absolute Gasteiger partial charge is 0.472 e. The van der Waals surface area contributed by atoms with Gasteiger partial charge in [0.2, 0.25) is 5.88 Å². The smallest absolute Gasteiger partial charge is 0.270 e. The highest BCUT2D eigenvalue weighted by Crippen LogP contribution is 2.25. The summed E-state index contributed by atoms with van der Waals surface area (Å²) in [5.74, 6) is 0.583. The number of carbonyl (C=O) groups excluding carboxylic acids is 1. The molecule has 3 heterocycles. The number of ether oxygens (including phenoxy) is 1. The fraction of sp³-hybridized carbons (Fsp3) is 0.222. The second-order valence-corrected chi connectivity index (χ2v) is 6.69. The van der Waals surface area contributed by atoms with Crippen LogP contribution in [-0.4, -0.2) is 40.0 Å². The Morgan fingerprint density at radius 1 is 1.29 bits per heavy atom. The van der Waals surface area contributed by atoms with Gasteiger partial charge >= 0.3 is 0 Å². The summed E-state index contributed by atoms with van der Waals surface area (Å²) in [5, 5.41) is 1.05. The third-order valence-corrected chi connectivity index (χ3v) is 4.80. The van der Waals surface area contributed by atoms with Gasteiger partial charge in [-0.3, -0.25) is 4.79 Å². The molecule has 1 fully saturated rings. The third-order valence-electron chi connectivity index (χ3n) is 4.20. The number of likely N-dealkylation sites (tertiary alicyclic amines) is 1. The Bertz CT molecular complexity index is 860. The second-order valence-electron chi connectivity index (χ2n) is 5.84. The van der Waals surface area contributed by atoms with Crippen molar-refractivity contribution in [3.63, 3.8) is 0 Å². The first-order chi connectivity index (χ1) is 11.7. The Morgan fingerprint density at radius 3 is 3.00 bits per heavy atom. The normalized spacial score (nSPS) is 17.4. The van der Waals surface area contributed by atoms with E-state index in [4.69, 9.17) is 4.74 Å². The van der Waals surface area contributed by atoms with Gasteiger partial charge in [-0.15, -0.1) is 0 Å². The fourth-order valence-corrected chi connectivity index (χ4v) is 3.33. The SMILES string of the molecule is O=C(c1cc2ccccc2[nH]1)N1CCC(Oc2ncccc2Br)C1. The van der Waals surface area contributed by atoms with Gasteiger partial charge in [-0.25, -0.2) is 4.98 Å². The van der Waals surface area contributed by atoms with Gasteiger partial charge in [0.05, 0.1) is 11.0 Å². The summed E-state index contributed by atoms with van der Waals surface area (Å²) >= 11 is 3.43. The molecular formula is C18H16BrN3O2. The predicted octanol–water partition coefficient (Wildman–Crippen LogP) is 3.62. The van der Waals surface area contributed by atoms with Crippen LogP contribution < -0.4 is 4.74 Å². The van der Waals surface area contributed by atoms with Gasteiger partial charge < -0.3 is 14.6 Å². The molecule has 1 aliphatic heterocycles. The molecule has 1 amide bonds. The van der Waals surface area contributed by atoms with Gasteiger partial charge in [-0.05, 0) is 40.2 Å². The molecule has 6 heteroatoms. The molecule has 1 aliphatic rings. The highest BCUT2D eigenvalue weighted by molar-refractivity contribution is 9.10. The van der Waals surface area contributed by atoms with Crippen LogP contribution in [0.3, 0.4) is 0 Å². The van der Waals surface area contributed by atoms with E-state index in [1.54, 1.807) is 6.20 Å². The summed E-state index contributed by atoms with van der Waals surface area (Å²) in [6.45, 7) is 1.25. The summed E-state index contributed by atoms with van der Waals surface area (Å²) in [4.78, 5) is 21.9. The van der Waals surface area contributed by atoms with E-state index in [9.17, 15) is 4.79 Å². The quantitative estimate of drug-likeness (QED) is 0.748. The number of H-pyrrole nitrogens is 1. The lowest BCUT2D eigenvalue weighted by Crippen LogP contribution is -2.31. The van der Waals surface area contributed by atoms with Gasteiger partial charge in [0, 0.05) is 30.1 Å². The summed E-state index contributed by atoms with van der Waals surface area (Å²) in [7, 11) is 0. The van der Waals surface area contributed by atoms with Crippen LogP contribution in [-0.2, 0) is 0 Å². The van der Waals surface area contributed by atoms with Crippen molar-refractivity contribution in [3.8, 4) is 5.88 Å². The molecule has 0 aliphatic carbocycles. The number of nitrogens with one attached hydrogen (secondary N) is 1. The Morgan fingerprint density at radius 2 is 2.17 bits per heavy atom. The monoisotopic (exact) mass is 385 g/mol. The molecule has 122 valence electrons. The number of amides is 1. The van der Waals surface area contributed by atoms with Crippen molar-refractivity contribution in [1.82, 2.24) is 14.9 Å². The molecule has 4 rings (SSSR count). The summed E-state index contributed by atoms with van der Waals surface area (Å²) in [6.07, 6.45) is 2.46. The molecule has 3 aromatic rings. The minimum Gasteiger partial charge on any atom is -0.472 e. The molecule has 5 nitrogen and oxygen atoms in total. The predicted molar refractivity (Wildman–Crippen MR) is 95.2 cm³/mol. The molecule has 1 atom stereocenters. The average molecular weight is 386 g/mol. The summed E-state index contributed by atoms with van der Waals surface area (Å²) in [6, 6.07) is 13.5. The van der Waals surface area contributed by atoms with Crippen molar-refractivity contribution in [3.05, 3.63) is 58.8 Å². The fourth-order valence-electron chi connectivity index (χ4n) is 2.98. The molecule has 0 bridgehead atoms. The molecule has 1 unspecified atom stereocenters. The molecule has 0 radical (unpaired) electrons. The second kappa shape index (κ2) is 6.28. The molecule has 1 N–H and O–H groups in total. The van der Waals surface area contributed by atoms with E-state index < -0.39 is 0 Å². The number of benzene rings is 1. The summed E-state index contributed by atoms with van der Waals surface area (Å²) < 4.78 is 6.74. The van der Waals surface area contributed by atoms with Crippen LogP contribution in [0.1, 0.15) is 16.9 Å². The molecule has 2 aromatic heterocycles. The maximum absolute atomic E-state index is 12.7. The maximum atomic E-state index is 12.7. The first-order valence-corrected chi connectivity index (χ1v) is 8.64. The lowest BCUT2D eigenvalue weighted by molar-refractivity contribution is 0.0766. The number of hydrogen-bond donors (Lipinski definition) is 1. The van der Waals surface area contributed by atoms with E-state index in [1.807, 2.05) is 47.4 Å². The Hall–Kier alpha value is -2.34. The van der Waals surface area contributed by atoms with Crippen LogP contribution in [0.4, 0.5) is 0 Å². The standard InChI is InChI=1S/C18H16BrN3O2/c19-14-5-3-8-20-17(14)24-13-7-9-22(11-13)18(23)16-10-12-4-1-2-6-15(12)21-16/h1-6,8,10,13,21H,7,9,11H2. The zero-order chi connectivity index (χ0) is 16.5. The Balaban J connectivity index is 1.46. The zero-order valence-electron chi connectivity index (χ0n) is 12.9. The van der Waals surface area contributed by atoms with Crippen LogP contribution in [0.15, 0.2) is 53.1 Å². The molecular weight excluding hydrogens is 370 g/mol. The first-order valence-electron chi connectivity index (χ1n) is 7.85. The van der Waals surface area contributed by atoms with Crippen molar-refractivity contribution >= 4 is 32.7 Å². The molecule has 24 heavy (non-hydrogen) atoms. The van der Waals surface area contributed by atoms with E-state index in [2.05, 4.69) is 25.9 Å². The molecule has 0 saturated carbocycles. The maximum Gasteiger partial charge on any atom is 0.270 e. The zero-order valence-corrected chi connectivity index (χ0v) is 14.5. The topological polar surface area (TPSA) is 58.2 Å². The Labute approximate surface area is 147 Å².